The summed E-state index contributed by atoms with van der Waals surface area (Å²) in [7, 11) is 0. The number of aromatic nitrogens is 3. The third-order valence-electron chi connectivity index (χ3n) is 3.39. The van der Waals surface area contributed by atoms with Crippen LogP contribution in [-0.2, 0) is 6.42 Å². The van der Waals surface area contributed by atoms with Crippen molar-refractivity contribution >= 4 is 35.7 Å². The number of halogens is 1. The van der Waals surface area contributed by atoms with Gasteiger partial charge in [-0.25, -0.2) is 0 Å². The number of furan rings is 1. The Bertz CT molecular complexity index is 1020. The molecule has 2 heterocycles. The number of hydrogen-bond acceptors (Lipinski definition) is 6. The Morgan fingerprint density at radius 2 is 2.28 bits per heavy atom. The Kier molecular flexibility index (Phi) is 4.77. The number of nitrogens with zero attached hydrogens (tertiary/aromatic N) is 4. The molecule has 25 heavy (non-hydrogen) atoms. The summed E-state index contributed by atoms with van der Waals surface area (Å²) in [6, 6.07) is 7.88. The third kappa shape index (κ3) is 3.52. The molecular weight excluding hydrogens is 366 g/mol. The van der Waals surface area contributed by atoms with E-state index in [1.54, 1.807) is 18.2 Å². The number of rotatable bonds is 5. The van der Waals surface area contributed by atoms with Crippen LogP contribution in [0.3, 0.4) is 0 Å². The zero-order valence-electron chi connectivity index (χ0n) is 13.0. The maximum absolute atomic E-state index is 11.0. The van der Waals surface area contributed by atoms with Gasteiger partial charge in [-0.2, -0.15) is 14.9 Å². The molecule has 3 rings (SSSR count). The Morgan fingerprint density at radius 1 is 1.48 bits per heavy atom. The predicted molar refractivity (Wildman–Crippen MR) is 95.6 cm³/mol. The number of benzene rings is 1. The van der Waals surface area contributed by atoms with Gasteiger partial charge < -0.3 is 4.42 Å². The van der Waals surface area contributed by atoms with Gasteiger partial charge in [0.05, 0.1) is 11.1 Å². The molecule has 0 radical (unpaired) electrons. The predicted octanol–water partition coefficient (Wildman–Crippen LogP) is 4.21. The molecule has 8 nitrogen and oxygen atoms in total. The highest BCUT2D eigenvalue weighted by atomic mass is 35.5. The van der Waals surface area contributed by atoms with Gasteiger partial charge in [-0.1, -0.05) is 18.5 Å². The largest absolute Gasteiger partial charge is 0.455 e. The Balaban J connectivity index is 1.89. The Morgan fingerprint density at radius 3 is 3.00 bits per heavy atom. The lowest BCUT2D eigenvalue weighted by molar-refractivity contribution is -0.384. The van der Waals surface area contributed by atoms with Crippen LogP contribution < -0.4 is 0 Å². The van der Waals surface area contributed by atoms with Crippen LogP contribution in [0, 0.1) is 14.9 Å². The van der Waals surface area contributed by atoms with Crippen LogP contribution in [0.15, 0.2) is 39.9 Å². The summed E-state index contributed by atoms with van der Waals surface area (Å²) >= 11 is 10.9. The van der Waals surface area contributed by atoms with Crippen molar-refractivity contribution in [2.24, 2.45) is 5.10 Å². The first kappa shape index (κ1) is 17.1. The minimum absolute atomic E-state index is 0.0727. The highest BCUT2D eigenvalue weighted by molar-refractivity contribution is 7.71. The monoisotopic (exact) mass is 377 g/mol. The van der Waals surface area contributed by atoms with Crippen molar-refractivity contribution in [3.05, 3.63) is 61.8 Å². The van der Waals surface area contributed by atoms with Crippen LogP contribution in [0.4, 0.5) is 5.69 Å². The fraction of sp³-hybridized carbons (Fsp3) is 0.133. The van der Waals surface area contributed by atoms with Crippen LogP contribution in [0.2, 0.25) is 5.02 Å². The lowest BCUT2D eigenvalue weighted by Gasteiger charge is -1.99. The van der Waals surface area contributed by atoms with Crippen molar-refractivity contribution in [3.63, 3.8) is 0 Å². The Labute approximate surface area is 151 Å². The SMILES string of the molecule is CCc1n[nH]c(=S)n1/N=C\c1ccc(-c2ccc(Cl)c([N+](=O)[O-])c2)o1. The third-order valence-corrected chi connectivity index (χ3v) is 3.97. The van der Waals surface area contributed by atoms with E-state index in [-0.39, 0.29) is 10.7 Å². The quantitative estimate of drug-likeness (QED) is 0.310. The van der Waals surface area contributed by atoms with Crippen molar-refractivity contribution in [1.82, 2.24) is 14.9 Å². The molecule has 128 valence electrons. The van der Waals surface area contributed by atoms with Crippen LogP contribution in [0.25, 0.3) is 11.3 Å². The number of aromatic amines is 1. The second kappa shape index (κ2) is 6.99. The van der Waals surface area contributed by atoms with Gasteiger partial charge in [0.2, 0.25) is 4.77 Å². The molecule has 0 unspecified atom stereocenters. The first-order valence-corrected chi connectivity index (χ1v) is 8.03. The van der Waals surface area contributed by atoms with Gasteiger partial charge in [-0.15, -0.1) is 0 Å². The summed E-state index contributed by atoms with van der Waals surface area (Å²) in [5.41, 5.74) is 0.369. The highest BCUT2D eigenvalue weighted by Crippen LogP contribution is 2.31. The molecule has 0 bridgehead atoms. The number of nitro benzene ring substituents is 1. The van der Waals surface area contributed by atoms with E-state index in [4.69, 9.17) is 28.2 Å². The van der Waals surface area contributed by atoms with Crippen molar-refractivity contribution in [1.29, 1.82) is 0 Å². The molecule has 0 saturated carbocycles. The molecule has 0 atom stereocenters. The molecule has 2 aromatic heterocycles. The normalized spacial score (nSPS) is 11.3. The van der Waals surface area contributed by atoms with Crippen molar-refractivity contribution in [2.45, 2.75) is 13.3 Å². The summed E-state index contributed by atoms with van der Waals surface area (Å²) in [6.07, 6.45) is 2.17. The van der Waals surface area contributed by atoms with Crippen LogP contribution in [0.1, 0.15) is 18.5 Å². The first-order chi connectivity index (χ1) is 12.0. The maximum Gasteiger partial charge on any atom is 0.288 e. The fourth-order valence-electron chi connectivity index (χ4n) is 2.17. The van der Waals surface area contributed by atoms with Gasteiger partial charge in [0, 0.05) is 18.1 Å². The second-order valence-corrected chi connectivity index (χ2v) is 5.77. The number of nitrogens with one attached hydrogen (secondary N) is 1. The Hall–Kier alpha value is -2.78. The van der Waals surface area contributed by atoms with E-state index >= 15 is 0 Å². The standard InChI is InChI=1S/C15H12ClN5O3S/c1-2-14-18-19-15(25)20(14)17-8-10-4-6-13(24-10)9-3-5-11(16)12(7-9)21(22)23/h3-8H,2H2,1H3,(H,19,25)/b17-8-. The molecule has 0 saturated heterocycles. The summed E-state index contributed by atoms with van der Waals surface area (Å²) in [6.45, 7) is 1.94. The van der Waals surface area contributed by atoms with E-state index in [0.717, 1.165) is 0 Å². The van der Waals surface area contributed by atoms with Crippen molar-refractivity contribution in [3.8, 4) is 11.3 Å². The average Bonchev–Trinajstić information content (AvgIpc) is 3.19. The van der Waals surface area contributed by atoms with Gasteiger partial charge in [-0.05, 0) is 36.5 Å². The molecule has 0 aliphatic carbocycles. The van der Waals surface area contributed by atoms with E-state index in [9.17, 15) is 10.1 Å². The zero-order chi connectivity index (χ0) is 18.0. The smallest absolute Gasteiger partial charge is 0.288 e. The lowest BCUT2D eigenvalue weighted by atomic mass is 10.1. The zero-order valence-corrected chi connectivity index (χ0v) is 14.5. The molecule has 10 heteroatoms. The minimum atomic E-state index is -0.538. The van der Waals surface area contributed by atoms with Gasteiger partial charge in [0.15, 0.2) is 5.82 Å². The summed E-state index contributed by atoms with van der Waals surface area (Å²) < 4.78 is 7.55. The van der Waals surface area contributed by atoms with Gasteiger partial charge >= 0.3 is 0 Å². The van der Waals surface area contributed by atoms with Gasteiger partial charge in [0.1, 0.15) is 16.5 Å². The lowest BCUT2D eigenvalue weighted by Crippen LogP contribution is -1.96. The maximum atomic E-state index is 11.0. The van der Waals surface area contributed by atoms with E-state index < -0.39 is 4.92 Å². The molecular formula is C15H12ClN5O3S. The number of H-pyrrole nitrogens is 1. The van der Waals surface area contributed by atoms with Gasteiger partial charge in [-0.3, -0.25) is 15.2 Å². The summed E-state index contributed by atoms with van der Waals surface area (Å²) in [4.78, 5) is 10.4. The van der Waals surface area contributed by atoms with E-state index in [2.05, 4.69) is 15.3 Å². The molecule has 0 aliphatic rings. The molecule has 0 fully saturated rings. The molecule has 1 N–H and O–H groups in total. The summed E-state index contributed by atoms with van der Waals surface area (Å²) in [5, 5.41) is 22.0. The van der Waals surface area contributed by atoms with E-state index in [1.165, 1.54) is 23.0 Å². The van der Waals surface area contributed by atoms with Crippen molar-refractivity contribution < 1.29 is 9.34 Å². The first-order valence-electron chi connectivity index (χ1n) is 7.24. The second-order valence-electron chi connectivity index (χ2n) is 4.98. The summed E-state index contributed by atoms with van der Waals surface area (Å²) in [5.74, 6) is 1.63. The van der Waals surface area contributed by atoms with Gasteiger partial charge in [0.25, 0.3) is 5.69 Å². The van der Waals surface area contributed by atoms with E-state index in [1.807, 2.05) is 6.92 Å². The topological polar surface area (TPSA) is 102 Å². The van der Waals surface area contributed by atoms with Crippen LogP contribution in [0.5, 0.6) is 0 Å². The molecule has 1 aromatic carbocycles. The number of nitro groups is 1. The molecule has 0 aliphatic heterocycles. The molecule has 0 amide bonds. The number of aryl methyl sites for hydroxylation is 1. The fourth-order valence-corrected chi connectivity index (χ4v) is 2.55. The average molecular weight is 378 g/mol. The van der Waals surface area contributed by atoms with Crippen LogP contribution >= 0.6 is 23.8 Å². The number of hydrogen-bond donors (Lipinski definition) is 1. The van der Waals surface area contributed by atoms with E-state index in [0.29, 0.717) is 34.1 Å². The van der Waals surface area contributed by atoms with Crippen LogP contribution in [-0.4, -0.2) is 26.0 Å². The minimum Gasteiger partial charge on any atom is -0.455 e. The molecule has 3 aromatic rings. The highest BCUT2D eigenvalue weighted by Gasteiger charge is 2.15. The van der Waals surface area contributed by atoms with Crippen molar-refractivity contribution in [2.75, 3.05) is 0 Å². The molecule has 0 spiro atoms.